The number of carbonyl (C=O) groups is 1. The highest BCUT2D eigenvalue weighted by Gasteiger charge is 2.24. The highest BCUT2D eigenvalue weighted by Crippen LogP contribution is 2.33. The van der Waals surface area contributed by atoms with Gasteiger partial charge in [0.15, 0.2) is 11.3 Å². The van der Waals surface area contributed by atoms with Crippen molar-refractivity contribution in [2.45, 2.75) is 83.5 Å². The summed E-state index contributed by atoms with van der Waals surface area (Å²) < 4.78 is 1.90. The molecule has 1 aliphatic carbocycles. The van der Waals surface area contributed by atoms with Gasteiger partial charge in [0.25, 0.3) is 5.91 Å². The van der Waals surface area contributed by atoms with Crippen LogP contribution in [0.1, 0.15) is 105 Å². The predicted octanol–water partition coefficient (Wildman–Crippen LogP) is 4.92. The topological polar surface area (TPSA) is 50.5 Å². The number of nitrogens with zero attached hydrogens (tertiary/aromatic N) is 4. The van der Waals surface area contributed by atoms with Gasteiger partial charge >= 0.3 is 0 Å². The minimum absolute atomic E-state index is 0.0660. The van der Waals surface area contributed by atoms with Crippen molar-refractivity contribution in [3.8, 4) is 0 Å². The standard InChI is InChI=1S/C22H32N4O/c1-16(2)20-14-18(17-10-6-5-7-11-17)23-21-15-19(24-26(20)21)22(27)25-12-8-3-4-9-13-25/h14-17H,3-13H2,1-2H3. The lowest BCUT2D eigenvalue weighted by atomic mass is 9.86. The zero-order valence-electron chi connectivity index (χ0n) is 16.8. The maximum Gasteiger partial charge on any atom is 0.274 e. The quantitative estimate of drug-likeness (QED) is 0.773. The minimum atomic E-state index is 0.0660. The summed E-state index contributed by atoms with van der Waals surface area (Å²) in [5.41, 5.74) is 3.74. The predicted molar refractivity (Wildman–Crippen MR) is 107 cm³/mol. The first-order chi connectivity index (χ1) is 13.1. The van der Waals surface area contributed by atoms with Crippen LogP contribution in [0.2, 0.25) is 0 Å². The average molecular weight is 369 g/mol. The van der Waals surface area contributed by atoms with E-state index in [9.17, 15) is 4.79 Å². The Labute approximate surface area is 162 Å². The van der Waals surface area contributed by atoms with E-state index in [1.165, 1.54) is 50.6 Å². The summed E-state index contributed by atoms with van der Waals surface area (Å²) in [6.07, 6.45) is 11.0. The van der Waals surface area contributed by atoms with Crippen LogP contribution in [0.25, 0.3) is 5.65 Å². The highest BCUT2D eigenvalue weighted by molar-refractivity contribution is 5.93. The van der Waals surface area contributed by atoms with E-state index in [2.05, 4.69) is 25.0 Å². The molecule has 2 fully saturated rings. The van der Waals surface area contributed by atoms with Crippen molar-refractivity contribution in [1.29, 1.82) is 0 Å². The van der Waals surface area contributed by atoms with Crippen LogP contribution in [0.4, 0.5) is 0 Å². The van der Waals surface area contributed by atoms with Gasteiger partial charge in [0.2, 0.25) is 0 Å². The van der Waals surface area contributed by atoms with Gasteiger partial charge in [-0.3, -0.25) is 4.79 Å². The van der Waals surface area contributed by atoms with E-state index in [1.54, 1.807) is 0 Å². The van der Waals surface area contributed by atoms with Crippen LogP contribution in [0, 0.1) is 0 Å². The molecule has 3 heterocycles. The van der Waals surface area contributed by atoms with Crippen LogP contribution >= 0.6 is 0 Å². The van der Waals surface area contributed by atoms with Crippen molar-refractivity contribution in [3.63, 3.8) is 0 Å². The van der Waals surface area contributed by atoms with Gasteiger partial charge in [0, 0.05) is 36.5 Å². The SMILES string of the molecule is CC(C)c1cc(C2CCCCC2)nc2cc(C(=O)N3CCCCCC3)nn12. The number of rotatable bonds is 3. The normalized spacial score (nSPS) is 19.6. The molecule has 2 aromatic heterocycles. The van der Waals surface area contributed by atoms with Crippen molar-refractivity contribution in [3.05, 3.63) is 29.2 Å². The average Bonchev–Trinajstić information content (AvgIpc) is 2.93. The molecule has 0 atom stereocenters. The van der Waals surface area contributed by atoms with Gasteiger partial charge in [0.05, 0.1) is 0 Å². The molecule has 1 aliphatic heterocycles. The largest absolute Gasteiger partial charge is 0.337 e. The number of likely N-dealkylation sites (tertiary alicyclic amines) is 1. The minimum Gasteiger partial charge on any atom is -0.337 e. The first kappa shape index (κ1) is 18.5. The number of amides is 1. The Balaban J connectivity index is 1.69. The zero-order valence-corrected chi connectivity index (χ0v) is 16.8. The Kier molecular flexibility index (Phi) is 5.46. The maximum atomic E-state index is 13.0. The molecule has 146 valence electrons. The fourth-order valence-corrected chi connectivity index (χ4v) is 4.58. The van der Waals surface area contributed by atoms with E-state index in [0.29, 0.717) is 17.5 Å². The Morgan fingerprint density at radius 1 is 1.00 bits per heavy atom. The lowest BCUT2D eigenvalue weighted by molar-refractivity contribution is 0.0755. The van der Waals surface area contributed by atoms with E-state index >= 15 is 0 Å². The third-order valence-electron chi connectivity index (χ3n) is 6.20. The first-order valence-corrected chi connectivity index (χ1v) is 10.8. The van der Waals surface area contributed by atoms with Gasteiger partial charge in [0.1, 0.15) is 0 Å². The van der Waals surface area contributed by atoms with Crippen LogP contribution in [-0.2, 0) is 0 Å². The van der Waals surface area contributed by atoms with Crippen LogP contribution in [0.15, 0.2) is 12.1 Å². The third-order valence-corrected chi connectivity index (χ3v) is 6.20. The summed E-state index contributed by atoms with van der Waals surface area (Å²) in [4.78, 5) is 19.9. The highest BCUT2D eigenvalue weighted by atomic mass is 16.2. The monoisotopic (exact) mass is 368 g/mol. The lowest BCUT2D eigenvalue weighted by Gasteiger charge is -2.22. The summed E-state index contributed by atoms with van der Waals surface area (Å²) in [6.45, 7) is 6.09. The number of fused-ring (bicyclic) bond motifs is 1. The van der Waals surface area contributed by atoms with Crippen molar-refractivity contribution in [2.24, 2.45) is 0 Å². The number of carbonyl (C=O) groups excluding carboxylic acids is 1. The smallest absolute Gasteiger partial charge is 0.274 e. The molecule has 4 rings (SSSR count). The molecule has 5 heteroatoms. The second-order valence-corrected chi connectivity index (χ2v) is 8.60. The van der Waals surface area contributed by atoms with E-state index in [0.717, 1.165) is 37.3 Å². The molecule has 5 nitrogen and oxygen atoms in total. The summed E-state index contributed by atoms with van der Waals surface area (Å²) in [6, 6.07) is 4.15. The molecule has 1 saturated heterocycles. The Morgan fingerprint density at radius 2 is 1.67 bits per heavy atom. The Bertz CT molecular complexity index is 796. The molecular weight excluding hydrogens is 336 g/mol. The zero-order chi connectivity index (χ0) is 18.8. The molecule has 2 aromatic rings. The molecule has 0 bridgehead atoms. The summed E-state index contributed by atoms with van der Waals surface area (Å²) in [5.74, 6) is 0.969. The Hall–Kier alpha value is -1.91. The van der Waals surface area contributed by atoms with Crippen LogP contribution < -0.4 is 0 Å². The molecule has 0 spiro atoms. The van der Waals surface area contributed by atoms with Gasteiger partial charge in [-0.2, -0.15) is 5.10 Å². The molecule has 0 aromatic carbocycles. The summed E-state index contributed by atoms with van der Waals surface area (Å²) >= 11 is 0. The summed E-state index contributed by atoms with van der Waals surface area (Å²) in [5, 5.41) is 4.69. The number of hydrogen-bond acceptors (Lipinski definition) is 3. The molecule has 0 radical (unpaired) electrons. The molecular formula is C22H32N4O. The number of hydrogen-bond donors (Lipinski definition) is 0. The van der Waals surface area contributed by atoms with E-state index < -0.39 is 0 Å². The molecule has 1 saturated carbocycles. The van der Waals surface area contributed by atoms with Gasteiger partial charge in [-0.1, -0.05) is 46.0 Å². The van der Waals surface area contributed by atoms with Crippen molar-refractivity contribution in [2.75, 3.05) is 13.1 Å². The van der Waals surface area contributed by atoms with E-state index in [1.807, 2.05) is 15.5 Å². The van der Waals surface area contributed by atoms with Crippen molar-refractivity contribution >= 4 is 11.6 Å². The van der Waals surface area contributed by atoms with Gasteiger partial charge in [-0.25, -0.2) is 9.50 Å². The van der Waals surface area contributed by atoms with Gasteiger partial charge in [-0.05, 0) is 37.7 Å². The third kappa shape index (κ3) is 3.87. The van der Waals surface area contributed by atoms with E-state index in [-0.39, 0.29) is 5.91 Å². The fourth-order valence-electron chi connectivity index (χ4n) is 4.58. The van der Waals surface area contributed by atoms with Crippen LogP contribution in [0.3, 0.4) is 0 Å². The Morgan fingerprint density at radius 3 is 2.33 bits per heavy atom. The molecule has 27 heavy (non-hydrogen) atoms. The molecule has 0 unspecified atom stereocenters. The first-order valence-electron chi connectivity index (χ1n) is 10.8. The maximum absolute atomic E-state index is 13.0. The molecule has 2 aliphatic rings. The van der Waals surface area contributed by atoms with Crippen molar-refractivity contribution < 1.29 is 4.79 Å². The molecule has 1 amide bonds. The van der Waals surface area contributed by atoms with E-state index in [4.69, 9.17) is 4.98 Å². The summed E-state index contributed by atoms with van der Waals surface area (Å²) in [7, 11) is 0. The van der Waals surface area contributed by atoms with Crippen LogP contribution in [-0.4, -0.2) is 38.5 Å². The second kappa shape index (κ2) is 7.99. The van der Waals surface area contributed by atoms with Gasteiger partial charge < -0.3 is 4.90 Å². The van der Waals surface area contributed by atoms with Crippen molar-refractivity contribution in [1.82, 2.24) is 19.5 Å². The van der Waals surface area contributed by atoms with Gasteiger partial charge in [-0.15, -0.1) is 0 Å². The number of aromatic nitrogens is 3. The second-order valence-electron chi connectivity index (χ2n) is 8.60. The lowest BCUT2D eigenvalue weighted by Crippen LogP contribution is -2.32. The molecule has 0 N–H and O–H groups in total. The fraction of sp³-hybridized carbons (Fsp3) is 0.682. The van der Waals surface area contributed by atoms with Crippen LogP contribution in [0.5, 0.6) is 0 Å².